The van der Waals surface area contributed by atoms with Crippen LogP contribution in [0.4, 0.5) is 5.69 Å². The summed E-state index contributed by atoms with van der Waals surface area (Å²) in [6.45, 7) is 0. The molecule has 4 nitrogen and oxygen atoms in total. The lowest BCUT2D eigenvalue weighted by atomic mass is 9.80. The van der Waals surface area contributed by atoms with Crippen LogP contribution in [0.3, 0.4) is 0 Å². The fraction of sp³-hybridized carbons (Fsp3) is 0.130. The number of rotatable bonds is 4. The van der Waals surface area contributed by atoms with Gasteiger partial charge in [-0.25, -0.2) is 0 Å². The Labute approximate surface area is 158 Å². The van der Waals surface area contributed by atoms with Gasteiger partial charge in [0.1, 0.15) is 5.54 Å². The second-order valence-electron chi connectivity index (χ2n) is 6.85. The Morgan fingerprint density at radius 3 is 2.26 bits per heavy atom. The second kappa shape index (κ2) is 7.08. The van der Waals surface area contributed by atoms with Crippen molar-refractivity contribution < 1.29 is 9.59 Å². The van der Waals surface area contributed by atoms with Gasteiger partial charge in [0.25, 0.3) is 11.8 Å². The smallest absolute Gasteiger partial charge is 0.252 e. The molecule has 3 aromatic carbocycles. The van der Waals surface area contributed by atoms with E-state index in [4.69, 9.17) is 0 Å². The first-order chi connectivity index (χ1) is 13.2. The second-order valence-corrected chi connectivity index (χ2v) is 6.85. The molecule has 1 aliphatic rings. The van der Waals surface area contributed by atoms with Crippen molar-refractivity contribution in [2.24, 2.45) is 0 Å². The van der Waals surface area contributed by atoms with Crippen LogP contribution in [0.2, 0.25) is 0 Å². The van der Waals surface area contributed by atoms with Gasteiger partial charge in [0.05, 0.1) is 0 Å². The number of hydrogen-bond donors (Lipinski definition) is 2. The molecule has 27 heavy (non-hydrogen) atoms. The van der Waals surface area contributed by atoms with Crippen LogP contribution in [0.1, 0.15) is 21.5 Å². The van der Waals surface area contributed by atoms with Gasteiger partial charge in [0.15, 0.2) is 0 Å². The third kappa shape index (κ3) is 3.47. The first kappa shape index (κ1) is 17.0. The van der Waals surface area contributed by atoms with Gasteiger partial charge in [-0.3, -0.25) is 9.59 Å². The van der Waals surface area contributed by atoms with E-state index in [0.29, 0.717) is 18.4 Å². The molecule has 0 saturated heterocycles. The number of para-hydroxylation sites is 1. The minimum absolute atomic E-state index is 0.186. The molecule has 1 aliphatic heterocycles. The first-order valence-corrected chi connectivity index (χ1v) is 8.97. The molecule has 3 aromatic rings. The summed E-state index contributed by atoms with van der Waals surface area (Å²) in [5.41, 5.74) is 2.32. The Balaban J connectivity index is 1.72. The van der Waals surface area contributed by atoms with E-state index in [-0.39, 0.29) is 11.8 Å². The van der Waals surface area contributed by atoms with Gasteiger partial charge < -0.3 is 10.6 Å². The van der Waals surface area contributed by atoms with Crippen molar-refractivity contribution in [3.8, 4) is 0 Å². The number of anilines is 1. The zero-order chi connectivity index (χ0) is 18.7. The number of amides is 2. The summed E-state index contributed by atoms with van der Waals surface area (Å²) < 4.78 is 0. The molecule has 1 unspecified atom stereocenters. The predicted molar refractivity (Wildman–Crippen MR) is 106 cm³/mol. The lowest BCUT2D eigenvalue weighted by Crippen LogP contribution is -2.61. The van der Waals surface area contributed by atoms with Gasteiger partial charge in [0.2, 0.25) is 0 Å². The fourth-order valence-corrected chi connectivity index (χ4v) is 3.56. The van der Waals surface area contributed by atoms with Crippen LogP contribution < -0.4 is 10.6 Å². The molecule has 0 spiro atoms. The third-order valence-corrected chi connectivity index (χ3v) is 4.93. The molecule has 4 heteroatoms. The van der Waals surface area contributed by atoms with Crippen LogP contribution in [0.25, 0.3) is 0 Å². The van der Waals surface area contributed by atoms with Crippen LogP contribution in [-0.4, -0.2) is 17.4 Å². The summed E-state index contributed by atoms with van der Waals surface area (Å²) in [5.74, 6) is -0.435. The molecule has 2 amide bonds. The van der Waals surface area contributed by atoms with E-state index in [1.807, 2.05) is 72.8 Å². The minimum atomic E-state index is -1.04. The molecule has 2 N–H and O–H groups in total. The topological polar surface area (TPSA) is 58.2 Å². The molecule has 1 atom stereocenters. The van der Waals surface area contributed by atoms with Crippen LogP contribution in [0.5, 0.6) is 0 Å². The number of nitrogens with one attached hydrogen (secondary N) is 2. The zero-order valence-electron chi connectivity index (χ0n) is 14.8. The van der Waals surface area contributed by atoms with Crippen LogP contribution in [-0.2, 0) is 17.6 Å². The molecule has 0 saturated carbocycles. The Morgan fingerprint density at radius 2 is 1.52 bits per heavy atom. The Bertz CT molecular complexity index is 970. The van der Waals surface area contributed by atoms with E-state index in [2.05, 4.69) is 10.6 Å². The molecule has 4 rings (SSSR count). The molecule has 0 radical (unpaired) electrons. The van der Waals surface area contributed by atoms with Crippen molar-refractivity contribution in [3.05, 3.63) is 102 Å². The highest BCUT2D eigenvalue weighted by molar-refractivity contribution is 6.06. The van der Waals surface area contributed by atoms with Gasteiger partial charge in [0, 0.05) is 24.1 Å². The van der Waals surface area contributed by atoms with Crippen molar-refractivity contribution in [1.29, 1.82) is 0 Å². The van der Waals surface area contributed by atoms with E-state index in [9.17, 15) is 9.59 Å². The van der Waals surface area contributed by atoms with E-state index in [1.165, 1.54) is 0 Å². The molecule has 0 aliphatic carbocycles. The predicted octanol–water partition coefficient (Wildman–Crippen LogP) is 3.59. The summed E-state index contributed by atoms with van der Waals surface area (Å²) in [4.78, 5) is 26.0. The quantitative estimate of drug-likeness (QED) is 0.750. The summed E-state index contributed by atoms with van der Waals surface area (Å²) in [7, 11) is 0. The summed E-state index contributed by atoms with van der Waals surface area (Å²) in [6, 6.07) is 26.5. The average Bonchev–Trinajstić information content (AvgIpc) is 2.70. The van der Waals surface area contributed by atoms with E-state index >= 15 is 0 Å². The van der Waals surface area contributed by atoms with Crippen molar-refractivity contribution in [2.45, 2.75) is 18.4 Å². The molecule has 1 heterocycles. The van der Waals surface area contributed by atoms with Gasteiger partial charge >= 0.3 is 0 Å². The Hall–Kier alpha value is -3.40. The normalized spacial score (nSPS) is 18.3. The first-order valence-electron chi connectivity index (χ1n) is 8.97. The Kier molecular flexibility index (Phi) is 4.47. The molecule has 134 valence electrons. The highest BCUT2D eigenvalue weighted by Crippen LogP contribution is 2.30. The Morgan fingerprint density at radius 1 is 0.889 bits per heavy atom. The van der Waals surface area contributed by atoms with E-state index in [1.54, 1.807) is 12.1 Å². The summed E-state index contributed by atoms with van der Waals surface area (Å²) >= 11 is 0. The molecular formula is C23H20N2O2. The van der Waals surface area contributed by atoms with Crippen molar-refractivity contribution in [2.75, 3.05) is 5.32 Å². The maximum absolute atomic E-state index is 13.1. The maximum atomic E-state index is 13.1. The lowest BCUT2D eigenvalue weighted by Gasteiger charge is -2.38. The van der Waals surface area contributed by atoms with Gasteiger partial charge in [-0.1, -0.05) is 66.7 Å². The SMILES string of the molecule is O=C(NC1(Cc2ccccc2)Cc2ccccc2NC1=O)c1ccccc1. The standard InChI is InChI=1S/C23H20N2O2/c26-21(18-11-5-2-6-12-18)25-23(15-17-9-3-1-4-10-17)16-19-13-7-8-14-20(19)24-22(23)27/h1-14H,15-16H2,(H,24,27)(H,25,26). The van der Waals surface area contributed by atoms with Crippen molar-refractivity contribution >= 4 is 17.5 Å². The van der Waals surface area contributed by atoms with Crippen LogP contribution in [0.15, 0.2) is 84.9 Å². The van der Waals surface area contributed by atoms with Crippen molar-refractivity contribution in [1.82, 2.24) is 5.32 Å². The average molecular weight is 356 g/mol. The largest absolute Gasteiger partial charge is 0.337 e. The van der Waals surface area contributed by atoms with Crippen molar-refractivity contribution in [3.63, 3.8) is 0 Å². The fourth-order valence-electron chi connectivity index (χ4n) is 3.56. The number of carbonyl (C=O) groups is 2. The van der Waals surface area contributed by atoms with Gasteiger partial charge in [-0.05, 0) is 29.3 Å². The number of carbonyl (C=O) groups excluding carboxylic acids is 2. The molecular weight excluding hydrogens is 336 g/mol. The van der Waals surface area contributed by atoms with Gasteiger partial charge in [-0.15, -0.1) is 0 Å². The highest BCUT2D eigenvalue weighted by atomic mass is 16.2. The third-order valence-electron chi connectivity index (χ3n) is 4.93. The highest BCUT2D eigenvalue weighted by Gasteiger charge is 2.43. The molecule has 0 fully saturated rings. The van der Waals surface area contributed by atoms with Crippen LogP contribution >= 0.6 is 0 Å². The number of fused-ring (bicyclic) bond motifs is 1. The monoisotopic (exact) mass is 356 g/mol. The van der Waals surface area contributed by atoms with E-state index < -0.39 is 5.54 Å². The minimum Gasteiger partial charge on any atom is -0.337 e. The molecule has 0 aromatic heterocycles. The summed E-state index contributed by atoms with van der Waals surface area (Å²) in [5, 5.41) is 6.01. The molecule has 0 bridgehead atoms. The number of benzene rings is 3. The zero-order valence-corrected chi connectivity index (χ0v) is 14.8. The lowest BCUT2D eigenvalue weighted by molar-refractivity contribution is -0.122. The number of hydrogen-bond acceptors (Lipinski definition) is 2. The van der Waals surface area contributed by atoms with E-state index in [0.717, 1.165) is 16.8 Å². The van der Waals surface area contributed by atoms with Gasteiger partial charge in [-0.2, -0.15) is 0 Å². The summed E-state index contributed by atoms with van der Waals surface area (Å²) in [6.07, 6.45) is 0.870. The maximum Gasteiger partial charge on any atom is 0.252 e. The van der Waals surface area contributed by atoms with Crippen LogP contribution in [0, 0.1) is 0 Å².